The van der Waals surface area contributed by atoms with Gasteiger partial charge in [0.2, 0.25) is 10.0 Å². The molecule has 0 saturated heterocycles. The van der Waals surface area contributed by atoms with Crippen LogP contribution in [-0.2, 0) is 15.8 Å². The highest BCUT2D eigenvalue weighted by atomic mass is 32.2. The Labute approximate surface area is 123 Å². The Balaban J connectivity index is 1.86. The fourth-order valence-corrected chi connectivity index (χ4v) is 3.49. The third-order valence-corrected chi connectivity index (χ3v) is 4.57. The first-order valence-electron chi connectivity index (χ1n) is 6.66. The first-order valence-corrected chi connectivity index (χ1v) is 8.31. The number of para-hydroxylation sites is 1. The van der Waals surface area contributed by atoms with Gasteiger partial charge in [0.15, 0.2) is 0 Å². The summed E-state index contributed by atoms with van der Waals surface area (Å²) in [6, 6.07) is 14.9. The SMILES string of the molecule is Cc1ccc(CS(=O)(=O)Nc2cccc3cc[nH]c23)cc1. The molecule has 0 radical (unpaired) electrons. The van der Waals surface area contributed by atoms with E-state index in [4.69, 9.17) is 0 Å². The second-order valence-corrected chi connectivity index (χ2v) is 6.82. The van der Waals surface area contributed by atoms with E-state index < -0.39 is 10.0 Å². The van der Waals surface area contributed by atoms with Crippen LogP contribution in [0.4, 0.5) is 5.69 Å². The summed E-state index contributed by atoms with van der Waals surface area (Å²) in [7, 11) is -3.44. The van der Waals surface area contributed by atoms with Crippen LogP contribution >= 0.6 is 0 Å². The van der Waals surface area contributed by atoms with Crippen molar-refractivity contribution in [1.29, 1.82) is 0 Å². The zero-order chi connectivity index (χ0) is 14.9. The van der Waals surface area contributed by atoms with E-state index in [1.807, 2.05) is 49.4 Å². The number of aromatic nitrogens is 1. The Hall–Kier alpha value is -2.27. The molecule has 1 aromatic heterocycles. The summed E-state index contributed by atoms with van der Waals surface area (Å²) >= 11 is 0. The van der Waals surface area contributed by atoms with Crippen molar-refractivity contribution in [3.63, 3.8) is 0 Å². The Bertz CT molecular complexity index is 865. The van der Waals surface area contributed by atoms with Gasteiger partial charge in [-0.15, -0.1) is 0 Å². The van der Waals surface area contributed by atoms with Crippen molar-refractivity contribution < 1.29 is 8.42 Å². The van der Waals surface area contributed by atoms with Crippen molar-refractivity contribution in [2.24, 2.45) is 0 Å². The summed E-state index contributed by atoms with van der Waals surface area (Å²) in [5.41, 5.74) is 3.25. The van der Waals surface area contributed by atoms with Gasteiger partial charge in [0, 0.05) is 11.6 Å². The van der Waals surface area contributed by atoms with Crippen molar-refractivity contribution in [3.8, 4) is 0 Å². The molecular weight excluding hydrogens is 284 g/mol. The minimum atomic E-state index is -3.44. The van der Waals surface area contributed by atoms with E-state index in [0.29, 0.717) is 5.69 Å². The molecule has 0 aliphatic rings. The molecule has 108 valence electrons. The molecule has 0 atom stereocenters. The molecule has 0 aliphatic heterocycles. The second-order valence-electron chi connectivity index (χ2n) is 5.09. The van der Waals surface area contributed by atoms with E-state index in [1.165, 1.54) is 0 Å². The quantitative estimate of drug-likeness (QED) is 0.775. The average Bonchev–Trinajstić information content (AvgIpc) is 2.90. The first kappa shape index (κ1) is 13.7. The van der Waals surface area contributed by atoms with E-state index >= 15 is 0 Å². The van der Waals surface area contributed by atoms with Gasteiger partial charge in [0.05, 0.1) is 17.0 Å². The lowest BCUT2D eigenvalue weighted by atomic mass is 10.2. The molecule has 5 heteroatoms. The van der Waals surface area contributed by atoms with E-state index in [-0.39, 0.29) is 5.75 Å². The lowest BCUT2D eigenvalue weighted by Gasteiger charge is -2.09. The predicted octanol–water partition coefficient (Wildman–Crippen LogP) is 3.42. The Morgan fingerprint density at radius 2 is 1.81 bits per heavy atom. The maximum Gasteiger partial charge on any atom is 0.236 e. The number of aryl methyl sites for hydroxylation is 1. The molecule has 1 heterocycles. The molecule has 0 unspecified atom stereocenters. The van der Waals surface area contributed by atoms with E-state index in [2.05, 4.69) is 9.71 Å². The summed E-state index contributed by atoms with van der Waals surface area (Å²) in [5.74, 6) is -0.0373. The minimum absolute atomic E-state index is 0.0373. The minimum Gasteiger partial charge on any atom is -0.359 e. The average molecular weight is 300 g/mol. The third kappa shape index (κ3) is 3.08. The summed E-state index contributed by atoms with van der Waals surface area (Å²) in [5, 5.41) is 0.977. The predicted molar refractivity (Wildman–Crippen MR) is 85.7 cm³/mol. The van der Waals surface area contributed by atoms with E-state index in [1.54, 1.807) is 12.3 Å². The number of hydrogen-bond acceptors (Lipinski definition) is 2. The van der Waals surface area contributed by atoms with Gasteiger partial charge in [-0.25, -0.2) is 8.42 Å². The molecule has 2 N–H and O–H groups in total. The highest BCUT2D eigenvalue weighted by Gasteiger charge is 2.13. The molecule has 4 nitrogen and oxygen atoms in total. The Morgan fingerprint density at radius 3 is 2.57 bits per heavy atom. The monoisotopic (exact) mass is 300 g/mol. The van der Waals surface area contributed by atoms with Crippen LogP contribution in [0, 0.1) is 6.92 Å². The Morgan fingerprint density at radius 1 is 1.05 bits per heavy atom. The van der Waals surface area contributed by atoms with Gasteiger partial charge >= 0.3 is 0 Å². The van der Waals surface area contributed by atoms with Gasteiger partial charge in [-0.2, -0.15) is 0 Å². The lowest BCUT2D eigenvalue weighted by molar-refractivity contribution is 0.600. The standard InChI is InChI=1S/C16H16N2O2S/c1-12-5-7-13(8-6-12)11-21(19,20)18-15-4-2-3-14-9-10-17-16(14)15/h2-10,17-18H,11H2,1H3. The number of rotatable bonds is 4. The number of fused-ring (bicyclic) bond motifs is 1. The van der Waals surface area contributed by atoms with Crippen LogP contribution < -0.4 is 4.72 Å². The van der Waals surface area contributed by atoms with Crippen LogP contribution in [-0.4, -0.2) is 13.4 Å². The van der Waals surface area contributed by atoms with Crippen LogP contribution in [0.5, 0.6) is 0 Å². The fourth-order valence-electron chi connectivity index (χ4n) is 2.28. The molecular formula is C16H16N2O2S. The number of aromatic amines is 1. The highest BCUT2D eigenvalue weighted by molar-refractivity contribution is 7.91. The molecule has 0 aliphatic carbocycles. The molecule has 3 aromatic rings. The van der Waals surface area contributed by atoms with Crippen molar-refractivity contribution in [1.82, 2.24) is 4.98 Å². The van der Waals surface area contributed by atoms with Gasteiger partial charge in [-0.05, 0) is 24.6 Å². The van der Waals surface area contributed by atoms with Gasteiger partial charge < -0.3 is 4.98 Å². The summed E-state index contributed by atoms with van der Waals surface area (Å²) < 4.78 is 27.2. The van der Waals surface area contributed by atoms with Crippen LogP contribution in [0.15, 0.2) is 54.7 Å². The van der Waals surface area contributed by atoms with Gasteiger partial charge in [0.1, 0.15) is 0 Å². The van der Waals surface area contributed by atoms with Gasteiger partial charge in [-0.1, -0.05) is 42.0 Å². The van der Waals surface area contributed by atoms with Crippen LogP contribution in [0.3, 0.4) is 0 Å². The molecule has 3 rings (SSSR count). The number of nitrogens with one attached hydrogen (secondary N) is 2. The molecule has 2 aromatic carbocycles. The van der Waals surface area contributed by atoms with Crippen LogP contribution in [0.25, 0.3) is 10.9 Å². The highest BCUT2D eigenvalue weighted by Crippen LogP contribution is 2.23. The fraction of sp³-hybridized carbons (Fsp3) is 0.125. The first-order chi connectivity index (χ1) is 10.0. The summed E-state index contributed by atoms with van der Waals surface area (Å²) in [6.45, 7) is 1.97. The molecule has 0 bridgehead atoms. The maximum atomic E-state index is 12.3. The van der Waals surface area contributed by atoms with Crippen molar-refractivity contribution in [2.45, 2.75) is 12.7 Å². The second kappa shape index (κ2) is 5.26. The summed E-state index contributed by atoms with van der Waals surface area (Å²) in [6.07, 6.45) is 1.79. The number of anilines is 1. The Kier molecular flexibility index (Phi) is 3.43. The van der Waals surface area contributed by atoms with Gasteiger partial charge in [-0.3, -0.25) is 4.72 Å². The zero-order valence-electron chi connectivity index (χ0n) is 11.6. The van der Waals surface area contributed by atoms with Crippen molar-refractivity contribution in [3.05, 3.63) is 65.9 Å². The third-order valence-electron chi connectivity index (χ3n) is 3.33. The van der Waals surface area contributed by atoms with Crippen molar-refractivity contribution in [2.75, 3.05) is 4.72 Å². The lowest BCUT2D eigenvalue weighted by Crippen LogP contribution is -2.15. The van der Waals surface area contributed by atoms with Gasteiger partial charge in [0.25, 0.3) is 0 Å². The largest absolute Gasteiger partial charge is 0.359 e. The number of sulfonamides is 1. The number of hydrogen-bond donors (Lipinski definition) is 2. The normalized spacial score (nSPS) is 11.7. The molecule has 0 fully saturated rings. The van der Waals surface area contributed by atoms with E-state index in [0.717, 1.165) is 22.0 Å². The summed E-state index contributed by atoms with van der Waals surface area (Å²) in [4.78, 5) is 3.06. The number of H-pyrrole nitrogens is 1. The van der Waals surface area contributed by atoms with Crippen LogP contribution in [0.2, 0.25) is 0 Å². The van der Waals surface area contributed by atoms with Crippen LogP contribution in [0.1, 0.15) is 11.1 Å². The molecule has 0 amide bonds. The molecule has 0 spiro atoms. The number of benzene rings is 2. The smallest absolute Gasteiger partial charge is 0.236 e. The molecule has 0 saturated carbocycles. The topological polar surface area (TPSA) is 62.0 Å². The molecule has 21 heavy (non-hydrogen) atoms. The maximum absolute atomic E-state index is 12.3. The zero-order valence-corrected chi connectivity index (χ0v) is 12.4. The van der Waals surface area contributed by atoms with Crippen molar-refractivity contribution >= 4 is 26.6 Å². The van der Waals surface area contributed by atoms with E-state index in [9.17, 15) is 8.42 Å².